The number of hydrogen-bond donors (Lipinski definition) is 1. The third kappa shape index (κ3) is 1.79. The van der Waals surface area contributed by atoms with E-state index in [0.29, 0.717) is 6.54 Å². The Labute approximate surface area is 160 Å². The molecule has 3 saturated heterocycles. The van der Waals surface area contributed by atoms with E-state index in [1.807, 2.05) is 11.9 Å². The van der Waals surface area contributed by atoms with Gasteiger partial charge in [0.1, 0.15) is 6.61 Å². The van der Waals surface area contributed by atoms with Gasteiger partial charge in [0.05, 0.1) is 36.4 Å². The number of ether oxygens (including phenoxy) is 4. The van der Waals surface area contributed by atoms with E-state index in [-0.39, 0.29) is 48.7 Å². The smallest absolute Gasteiger partial charge is 0.404 e. The lowest BCUT2D eigenvalue weighted by Gasteiger charge is -2.40. The first-order valence-electron chi connectivity index (χ1n) is 9.09. The number of allylic oxidation sites excluding steroid dienone is 1. The van der Waals surface area contributed by atoms with E-state index in [9.17, 15) is 14.4 Å². The van der Waals surface area contributed by atoms with E-state index in [4.69, 9.17) is 24.7 Å². The third-order valence-electron chi connectivity index (χ3n) is 6.67. The molecule has 0 saturated carbocycles. The molecule has 10 heteroatoms. The van der Waals surface area contributed by atoms with Crippen LogP contribution < -0.4 is 5.73 Å². The fourth-order valence-electron chi connectivity index (χ4n) is 5.44. The van der Waals surface area contributed by atoms with Gasteiger partial charge in [0.25, 0.3) is 5.79 Å². The molecular formula is C18H21N3O7. The Kier molecular flexibility index (Phi) is 3.44. The normalized spacial score (nSPS) is 40.1. The average molecular weight is 391 g/mol. The summed E-state index contributed by atoms with van der Waals surface area (Å²) in [5.41, 5.74) is 4.55. The number of likely N-dealkylation sites (N-methyl/N-ethyl adjacent to an activating group) is 1. The first-order chi connectivity index (χ1) is 13.3. The Balaban J connectivity index is 1.67. The number of primary amides is 1. The lowest BCUT2D eigenvalue weighted by Crippen LogP contribution is -2.55. The van der Waals surface area contributed by atoms with Crippen LogP contribution in [0.2, 0.25) is 0 Å². The maximum atomic E-state index is 13.5. The van der Waals surface area contributed by atoms with Gasteiger partial charge in [0, 0.05) is 25.3 Å². The van der Waals surface area contributed by atoms with Gasteiger partial charge in [-0.3, -0.25) is 14.5 Å². The summed E-state index contributed by atoms with van der Waals surface area (Å²) in [5.74, 6) is -3.43. The SMILES string of the molecule is C=C1C(=O)C2=C(C(=O)C13OCCO3)[C@@H](COC(N)=O)[C@@]1(OC)[C@@H]3[C@H](CN21)N3C. The minimum Gasteiger partial charge on any atom is -0.449 e. The molecule has 10 nitrogen and oxygen atoms in total. The fraction of sp³-hybridized carbons (Fsp3) is 0.611. The summed E-state index contributed by atoms with van der Waals surface area (Å²) in [6.45, 7) is 4.48. The summed E-state index contributed by atoms with van der Waals surface area (Å²) in [4.78, 5) is 42.1. The first-order valence-corrected chi connectivity index (χ1v) is 9.09. The molecule has 1 unspecified atom stereocenters. The molecule has 3 fully saturated rings. The number of piperazine rings is 1. The third-order valence-corrected chi connectivity index (χ3v) is 6.67. The van der Waals surface area contributed by atoms with Crippen LogP contribution >= 0.6 is 0 Å². The second-order valence-corrected chi connectivity index (χ2v) is 7.64. The summed E-state index contributed by atoms with van der Waals surface area (Å²) in [6, 6.07) is 0.121. The van der Waals surface area contributed by atoms with E-state index in [1.165, 1.54) is 7.11 Å². The quantitative estimate of drug-likeness (QED) is 0.465. The van der Waals surface area contributed by atoms with Crippen LogP contribution in [0.5, 0.6) is 0 Å². The molecule has 0 bridgehead atoms. The van der Waals surface area contributed by atoms with Crippen molar-refractivity contribution in [3.8, 4) is 0 Å². The first kappa shape index (κ1) is 17.8. The van der Waals surface area contributed by atoms with Crippen LogP contribution in [0.1, 0.15) is 0 Å². The summed E-state index contributed by atoms with van der Waals surface area (Å²) in [6.07, 6.45) is -0.965. The fourth-order valence-corrected chi connectivity index (χ4v) is 5.44. The molecule has 5 atom stereocenters. The van der Waals surface area contributed by atoms with E-state index in [1.54, 1.807) is 0 Å². The van der Waals surface area contributed by atoms with Crippen molar-refractivity contribution in [2.75, 3.05) is 40.5 Å². The van der Waals surface area contributed by atoms with Crippen molar-refractivity contribution in [3.05, 3.63) is 23.4 Å². The van der Waals surface area contributed by atoms with Crippen molar-refractivity contribution in [1.82, 2.24) is 9.80 Å². The van der Waals surface area contributed by atoms with Gasteiger partial charge < -0.3 is 29.6 Å². The van der Waals surface area contributed by atoms with Crippen molar-refractivity contribution in [2.24, 2.45) is 11.7 Å². The topological polar surface area (TPSA) is 120 Å². The predicted octanol–water partition coefficient (Wildman–Crippen LogP) is -1.24. The summed E-state index contributed by atoms with van der Waals surface area (Å²) in [5, 5.41) is 0. The van der Waals surface area contributed by atoms with Crippen LogP contribution in [0.4, 0.5) is 4.79 Å². The Morgan fingerprint density at radius 3 is 2.64 bits per heavy atom. The highest BCUT2D eigenvalue weighted by Gasteiger charge is 2.77. The summed E-state index contributed by atoms with van der Waals surface area (Å²) in [7, 11) is 3.48. The Bertz CT molecular complexity index is 861. The van der Waals surface area contributed by atoms with Gasteiger partial charge in [-0.1, -0.05) is 6.58 Å². The number of ketones is 2. The van der Waals surface area contributed by atoms with Gasteiger partial charge in [-0.15, -0.1) is 0 Å². The second-order valence-electron chi connectivity index (χ2n) is 7.64. The van der Waals surface area contributed by atoms with Gasteiger partial charge in [0.15, 0.2) is 5.72 Å². The number of nitrogens with two attached hydrogens (primary N) is 1. The van der Waals surface area contributed by atoms with E-state index < -0.39 is 35.1 Å². The van der Waals surface area contributed by atoms with Crippen molar-refractivity contribution in [3.63, 3.8) is 0 Å². The van der Waals surface area contributed by atoms with E-state index in [0.717, 1.165) is 0 Å². The monoisotopic (exact) mass is 391 g/mol. The number of Topliss-reactive ketones (excluding diaryl/α,β-unsaturated/α-hetero) is 2. The van der Waals surface area contributed by atoms with E-state index in [2.05, 4.69) is 11.5 Å². The number of fused-ring (bicyclic) bond motifs is 4. The molecule has 1 amide bonds. The molecule has 5 rings (SSSR count). The van der Waals surface area contributed by atoms with Crippen LogP contribution in [0.3, 0.4) is 0 Å². The standard InChI is InChI=1S/C18H21N3O7/c1-8-13(22)12-11(15(23)18(8)27-4-5-28-18)9(7-26-16(19)24)17(25-3)14-10(20(14)2)6-21(12)17/h9-10,14H,1,4-7H2,2-3H3,(H2,19,24)/t9-,10+,14+,17-,20?/m1/s1. The average Bonchev–Trinajstić information content (AvgIpc) is 3.05. The number of methoxy groups -OCH3 is 1. The molecule has 4 aliphatic heterocycles. The number of rotatable bonds is 3. The highest BCUT2D eigenvalue weighted by atomic mass is 16.7. The molecule has 0 aromatic heterocycles. The summed E-state index contributed by atoms with van der Waals surface area (Å²) >= 11 is 0. The van der Waals surface area contributed by atoms with E-state index >= 15 is 0 Å². The van der Waals surface area contributed by atoms with Crippen molar-refractivity contribution < 1.29 is 33.3 Å². The lowest BCUT2D eigenvalue weighted by molar-refractivity contribution is -0.167. The van der Waals surface area contributed by atoms with Gasteiger partial charge >= 0.3 is 6.09 Å². The molecule has 150 valence electrons. The minimum atomic E-state index is -1.82. The number of carbonyl (C=O) groups is 3. The van der Waals surface area contributed by atoms with Crippen LogP contribution in [0.25, 0.3) is 0 Å². The molecule has 5 aliphatic rings. The molecule has 0 radical (unpaired) electrons. The lowest BCUT2D eigenvalue weighted by atomic mass is 9.78. The largest absolute Gasteiger partial charge is 0.449 e. The zero-order chi connectivity index (χ0) is 20.0. The molecule has 2 N–H and O–H groups in total. The summed E-state index contributed by atoms with van der Waals surface area (Å²) < 4.78 is 22.2. The van der Waals surface area contributed by atoms with Crippen LogP contribution in [0.15, 0.2) is 23.4 Å². The molecule has 0 aromatic carbocycles. The number of nitrogens with zero attached hydrogens (tertiary/aromatic N) is 2. The molecule has 28 heavy (non-hydrogen) atoms. The van der Waals surface area contributed by atoms with Gasteiger partial charge in [-0.2, -0.15) is 0 Å². The zero-order valence-corrected chi connectivity index (χ0v) is 15.6. The molecule has 1 aliphatic carbocycles. The molecule has 0 aromatic rings. The van der Waals surface area contributed by atoms with Gasteiger partial charge in [-0.25, -0.2) is 4.79 Å². The maximum Gasteiger partial charge on any atom is 0.404 e. The van der Waals surface area contributed by atoms with Crippen molar-refractivity contribution >= 4 is 17.7 Å². The minimum absolute atomic E-state index is 0.0378. The highest BCUT2D eigenvalue weighted by Crippen LogP contribution is 2.60. The number of carbonyl (C=O) groups excluding carboxylic acids is 3. The maximum absolute atomic E-state index is 13.5. The Morgan fingerprint density at radius 2 is 2.04 bits per heavy atom. The Hall–Kier alpha value is -2.27. The number of amides is 1. The van der Waals surface area contributed by atoms with Crippen LogP contribution in [-0.4, -0.2) is 91.6 Å². The second kappa shape index (κ2) is 5.41. The predicted molar refractivity (Wildman–Crippen MR) is 91.6 cm³/mol. The van der Waals surface area contributed by atoms with Crippen LogP contribution in [0, 0.1) is 5.92 Å². The Morgan fingerprint density at radius 1 is 1.36 bits per heavy atom. The van der Waals surface area contributed by atoms with Crippen molar-refractivity contribution in [1.29, 1.82) is 0 Å². The number of hydrogen-bond acceptors (Lipinski definition) is 9. The highest BCUT2D eigenvalue weighted by molar-refractivity contribution is 6.24. The van der Waals surface area contributed by atoms with Gasteiger partial charge in [-0.05, 0) is 7.05 Å². The van der Waals surface area contributed by atoms with Gasteiger partial charge in [0.2, 0.25) is 11.6 Å². The zero-order valence-electron chi connectivity index (χ0n) is 15.6. The van der Waals surface area contributed by atoms with Crippen molar-refractivity contribution in [2.45, 2.75) is 23.6 Å². The molecular weight excluding hydrogens is 370 g/mol. The molecule has 4 heterocycles. The van der Waals surface area contributed by atoms with Crippen LogP contribution in [-0.2, 0) is 28.5 Å². The molecule has 1 spiro atoms.